The fourth-order valence-corrected chi connectivity index (χ4v) is 2.25. The average Bonchev–Trinajstić information content (AvgIpc) is 2.33. The third-order valence-electron chi connectivity index (χ3n) is 1.73. The molecule has 1 aliphatic rings. The van der Waals surface area contributed by atoms with Crippen LogP contribution in [0.4, 0.5) is 0 Å². The second kappa shape index (κ2) is 4.11. The van der Waals surface area contributed by atoms with Crippen LogP contribution in [0.2, 0.25) is 0 Å². The van der Waals surface area contributed by atoms with Gasteiger partial charge in [0.2, 0.25) is 0 Å². The standard InChI is InChI=1S/C6H12NO4PS/c1-6(4-13-5-7-6)2-3-11-12(8,9)10/h5H,2-4H2,1H3,(H2,8,9,10). The maximum Gasteiger partial charge on any atom is 0.469 e. The molecule has 0 saturated heterocycles. The molecule has 0 fully saturated rings. The predicted molar refractivity (Wildman–Crippen MR) is 52.0 cm³/mol. The Morgan fingerprint density at radius 2 is 2.46 bits per heavy atom. The first-order valence-corrected chi connectivity index (χ1v) is 6.35. The Morgan fingerprint density at radius 1 is 1.77 bits per heavy atom. The molecule has 0 radical (unpaired) electrons. The van der Waals surface area contributed by atoms with Crippen molar-refractivity contribution >= 4 is 25.1 Å². The van der Waals surface area contributed by atoms with E-state index in [1.54, 1.807) is 17.3 Å². The Hall–Kier alpha value is 0.130. The fourth-order valence-electron chi connectivity index (χ4n) is 0.940. The van der Waals surface area contributed by atoms with E-state index < -0.39 is 7.82 Å². The number of phosphoric ester groups is 1. The number of aliphatic imine (C=N–C) groups is 1. The number of rotatable bonds is 4. The molecule has 0 aromatic carbocycles. The zero-order valence-electron chi connectivity index (χ0n) is 7.21. The lowest BCUT2D eigenvalue weighted by Crippen LogP contribution is -2.23. The third-order valence-corrected chi connectivity index (χ3v) is 3.30. The summed E-state index contributed by atoms with van der Waals surface area (Å²) in [6, 6.07) is 0. The topological polar surface area (TPSA) is 79.1 Å². The molecular weight excluding hydrogens is 213 g/mol. The number of phosphoric acid groups is 1. The highest BCUT2D eigenvalue weighted by atomic mass is 32.2. The number of hydrogen-bond donors (Lipinski definition) is 2. The fraction of sp³-hybridized carbons (Fsp3) is 0.833. The molecule has 0 aromatic rings. The minimum absolute atomic E-state index is 0.0404. The van der Waals surface area contributed by atoms with E-state index in [9.17, 15) is 4.57 Å². The van der Waals surface area contributed by atoms with E-state index in [0.717, 1.165) is 5.75 Å². The van der Waals surface area contributed by atoms with Crippen LogP contribution in [0.5, 0.6) is 0 Å². The molecule has 0 spiro atoms. The molecule has 0 aromatic heterocycles. The van der Waals surface area contributed by atoms with Crippen LogP contribution < -0.4 is 0 Å². The Labute approximate surface area is 80.8 Å². The number of thioether (sulfide) groups is 1. The van der Waals surface area contributed by atoms with Gasteiger partial charge in [-0.3, -0.25) is 9.52 Å². The summed E-state index contributed by atoms with van der Waals surface area (Å²) in [6.07, 6.45) is 0.529. The van der Waals surface area contributed by atoms with E-state index >= 15 is 0 Å². The van der Waals surface area contributed by atoms with Gasteiger partial charge in [-0.1, -0.05) is 0 Å². The van der Waals surface area contributed by atoms with Gasteiger partial charge in [0.25, 0.3) is 0 Å². The summed E-state index contributed by atoms with van der Waals surface area (Å²) in [6.45, 7) is 1.98. The summed E-state index contributed by atoms with van der Waals surface area (Å²) in [5.41, 5.74) is 1.54. The first kappa shape index (κ1) is 11.2. The quantitative estimate of drug-likeness (QED) is 0.698. The van der Waals surface area contributed by atoms with E-state index in [2.05, 4.69) is 9.52 Å². The molecule has 1 aliphatic heterocycles. The zero-order valence-corrected chi connectivity index (χ0v) is 8.92. The van der Waals surface area contributed by atoms with Crippen LogP contribution in [0.25, 0.3) is 0 Å². The Balaban J connectivity index is 2.27. The molecule has 7 heteroatoms. The van der Waals surface area contributed by atoms with Crippen molar-refractivity contribution in [3.63, 3.8) is 0 Å². The van der Waals surface area contributed by atoms with Gasteiger partial charge >= 0.3 is 7.82 Å². The molecule has 0 amide bonds. The maximum atomic E-state index is 10.3. The van der Waals surface area contributed by atoms with Gasteiger partial charge in [-0.2, -0.15) is 0 Å². The van der Waals surface area contributed by atoms with Gasteiger partial charge < -0.3 is 9.79 Å². The van der Waals surface area contributed by atoms with Crippen molar-refractivity contribution in [1.29, 1.82) is 0 Å². The van der Waals surface area contributed by atoms with Crippen molar-refractivity contribution in [2.75, 3.05) is 12.4 Å². The highest BCUT2D eigenvalue weighted by Gasteiger charge is 2.27. The maximum absolute atomic E-state index is 10.3. The lowest BCUT2D eigenvalue weighted by atomic mass is 10.0. The Morgan fingerprint density at radius 3 is 2.92 bits per heavy atom. The summed E-state index contributed by atoms with van der Waals surface area (Å²) in [4.78, 5) is 21.0. The predicted octanol–water partition coefficient (Wildman–Crippen LogP) is 1.02. The highest BCUT2D eigenvalue weighted by molar-refractivity contribution is 8.12. The number of hydrogen-bond acceptors (Lipinski definition) is 4. The van der Waals surface area contributed by atoms with Crippen molar-refractivity contribution < 1.29 is 18.9 Å². The van der Waals surface area contributed by atoms with E-state index in [1.807, 2.05) is 6.92 Å². The normalized spacial score (nSPS) is 28.2. The van der Waals surface area contributed by atoms with Gasteiger partial charge in [0.05, 0.1) is 17.7 Å². The first-order valence-electron chi connectivity index (χ1n) is 3.77. The lowest BCUT2D eigenvalue weighted by Gasteiger charge is -2.19. The molecule has 1 atom stereocenters. The minimum Gasteiger partial charge on any atom is -0.303 e. The molecule has 76 valence electrons. The third kappa shape index (κ3) is 4.24. The van der Waals surface area contributed by atoms with Crippen LogP contribution in [-0.4, -0.2) is 33.2 Å². The molecular formula is C6H12NO4PS. The van der Waals surface area contributed by atoms with Crippen molar-refractivity contribution in [3.05, 3.63) is 0 Å². The van der Waals surface area contributed by atoms with Crippen molar-refractivity contribution in [3.8, 4) is 0 Å². The monoisotopic (exact) mass is 225 g/mol. The van der Waals surface area contributed by atoms with Gasteiger partial charge in [-0.05, 0) is 13.3 Å². The molecule has 0 bridgehead atoms. The summed E-state index contributed by atoms with van der Waals surface area (Å²) in [5, 5.41) is 0. The smallest absolute Gasteiger partial charge is 0.303 e. The lowest BCUT2D eigenvalue weighted by molar-refractivity contribution is 0.184. The molecule has 2 N–H and O–H groups in total. The zero-order chi connectivity index (χ0) is 9.95. The molecule has 13 heavy (non-hydrogen) atoms. The van der Waals surface area contributed by atoms with Crippen LogP contribution >= 0.6 is 19.6 Å². The van der Waals surface area contributed by atoms with Gasteiger partial charge in [0, 0.05) is 5.75 Å². The van der Waals surface area contributed by atoms with Gasteiger partial charge in [0.15, 0.2) is 0 Å². The van der Waals surface area contributed by atoms with E-state index in [1.165, 1.54) is 0 Å². The van der Waals surface area contributed by atoms with Gasteiger partial charge in [-0.15, -0.1) is 11.8 Å². The van der Waals surface area contributed by atoms with Crippen LogP contribution in [0.1, 0.15) is 13.3 Å². The Bertz CT molecular complexity index is 253. The van der Waals surface area contributed by atoms with Crippen molar-refractivity contribution in [1.82, 2.24) is 0 Å². The molecule has 5 nitrogen and oxygen atoms in total. The molecule has 0 saturated carbocycles. The van der Waals surface area contributed by atoms with Crippen LogP contribution in [-0.2, 0) is 9.09 Å². The van der Waals surface area contributed by atoms with Crippen molar-refractivity contribution in [2.45, 2.75) is 18.9 Å². The molecule has 0 aliphatic carbocycles. The first-order chi connectivity index (χ1) is 5.91. The van der Waals surface area contributed by atoms with Crippen LogP contribution in [0.3, 0.4) is 0 Å². The van der Waals surface area contributed by atoms with E-state index in [-0.39, 0.29) is 12.1 Å². The molecule has 1 rings (SSSR count). The van der Waals surface area contributed by atoms with Crippen LogP contribution in [0.15, 0.2) is 4.99 Å². The largest absolute Gasteiger partial charge is 0.469 e. The molecule has 1 unspecified atom stereocenters. The molecule has 1 heterocycles. The highest BCUT2D eigenvalue weighted by Crippen LogP contribution is 2.37. The average molecular weight is 225 g/mol. The SMILES string of the molecule is CC1(CCOP(=O)(O)O)CSC=N1. The summed E-state index contributed by atoms with van der Waals surface area (Å²) in [7, 11) is -4.31. The number of nitrogens with zero attached hydrogens (tertiary/aromatic N) is 1. The second-order valence-electron chi connectivity index (χ2n) is 3.12. The summed E-state index contributed by atoms with van der Waals surface area (Å²) >= 11 is 1.60. The second-order valence-corrected chi connectivity index (χ2v) is 5.19. The summed E-state index contributed by atoms with van der Waals surface area (Å²) < 4.78 is 14.7. The minimum atomic E-state index is -4.31. The van der Waals surface area contributed by atoms with E-state index in [0.29, 0.717) is 6.42 Å². The van der Waals surface area contributed by atoms with Gasteiger partial charge in [-0.25, -0.2) is 4.57 Å². The van der Waals surface area contributed by atoms with E-state index in [4.69, 9.17) is 9.79 Å². The van der Waals surface area contributed by atoms with Crippen molar-refractivity contribution in [2.24, 2.45) is 4.99 Å². The van der Waals surface area contributed by atoms with Gasteiger partial charge in [0.1, 0.15) is 0 Å². The summed E-state index contributed by atoms with van der Waals surface area (Å²) in [5.74, 6) is 0.845. The Kier molecular flexibility index (Phi) is 3.54. The van der Waals surface area contributed by atoms with Crippen LogP contribution in [0, 0.1) is 0 Å².